The van der Waals surface area contributed by atoms with Crippen molar-refractivity contribution in [3.8, 4) is 0 Å². The molecule has 39 heavy (non-hydrogen) atoms. The van der Waals surface area contributed by atoms with Crippen LogP contribution in [0.25, 0.3) is 0 Å². The molecule has 1 aromatic heterocycles. The van der Waals surface area contributed by atoms with Gasteiger partial charge in [-0.05, 0) is 47.7 Å². The Bertz CT molecular complexity index is 1520. The Balaban J connectivity index is 1.50. The van der Waals surface area contributed by atoms with Gasteiger partial charge in [0.15, 0.2) is 0 Å². The molecule has 1 aliphatic heterocycles. The number of amides is 1. The van der Waals surface area contributed by atoms with E-state index in [9.17, 15) is 14.7 Å². The first-order valence-electron chi connectivity index (χ1n) is 12.8. The van der Waals surface area contributed by atoms with Crippen LogP contribution >= 0.6 is 15.9 Å². The molecule has 1 N–H and O–H groups in total. The van der Waals surface area contributed by atoms with Gasteiger partial charge in [-0.15, -0.1) is 0 Å². The third-order valence-corrected chi connectivity index (χ3v) is 7.32. The molecule has 0 saturated carbocycles. The van der Waals surface area contributed by atoms with Crippen LogP contribution in [0.4, 0.5) is 5.95 Å². The molecule has 4 aromatic rings. The lowest BCUT2D eigenvalue weighted by Gasteiger charge is -2.29. The molecular formula is C31H29BrN4O3. The van der Waals surface area contributed by atoms with Gasteiger partial charge < -0.3 is 14.9 Å². The second kappa shape index (κ2) is 11.8. The Labute approximate surface area is 236 Å². The van der Waals surface area contributed by atoms with Gasteiger partial charge in [-0.25, -0.2) is 9.97 Å². The predicted octanol–water partition coefficient (Wildman–Crippen LogP) is 5.43. The highest BCUT2D eigenvalue weighted by atomic mass is 79.9. The molecule has 0 bridgehead atoms. The van der Waals surface area contributed by atoms with E-state index in [1.807, 2.05) is 55.5 Å². The number of hydrogen-bond acceptors (Lipinski definition) is 5. The quantitative estimate of drug-likeness (QED) is 0.297. The molecule has 0 saturated heterocycles. The largest absolute Gasteiger partial charge is 0.480 e. The highest BCUT2D eigenvalue weighted by Gasteiger charge is 2.25. The van der Waals surface area contributed by atoms with Crippen LogP contribution in [0.2, 0.25) is 0 Å². The lowest BCUT2D eigenvalue weighted by atomic mass is 10.00. The number of carboxylic acid groups (broad SMARTS) is 1. The SMILES string of the molecule is Cc1cccc(Cc2nc(N3CCc4ccccc4C3)ncc2C(=O)N(CC(=O)O)Cc2cccc(Br)c2)c1. The molecule has 0 radical (unpaired) electrons. The smallest absolute Gasteiger partial charge is 0.323 e. The zero-order chi connectivity index (χ0) is 27.4. The Morgan fingerprint density at radius 3 is 2.54 bits per heavy atom. The van der Waals surface area contributed by atoms with Gasteiger partial charge in [0, 0.05) is 36.7 Å². The first kappa shape index (κ1) is 26.6. The van der Waals surface area contributed by atoms with Gasteiger partial charge in [-0.3, -0.25) is 9.59 Å². The van der Waals surface area contributed by atoms with Gasteiger partial charge in [0.05, 0.1) is 11.3 Å². The topological polar surface area (TPSA) is 86.6 Å². The Hall–Kier alpha value is -4.04. The molecule has 0 unspecified atom stereocenters. The Kier molecular flexibility index (Phi) is 8.02. The summed E-state index contributed by atoms with van der Waals surface area (Å²) < 4.78 is 0.860. The second-order valence-corrected chi connectivity index (χ2v) is 10.7. The van der Waals surface area contributed by atoms with Gasteiger partial charge in [0.1, 0.15) is 6.54 Å². The number of anilines is 1. The number of halogens is 1. The maximum Gasteiger partial charge on any atom is 0.323 e. The number of hydrogen-bond donors (Lipinski definition) is 1. The minimum Gasteiger partial charge on any atom is -0.480 e. The van der Waals surface area contributed by atoms with Crippen molar-refractivity contribution in [3.05, 3.63) is 123 Å². The molecule has 1 aliphatic rings. The molecule has 5 rings (SSSR count). The minimum atomic E-state index is -1.08. The van der Waals surface area contributed by atoms with Crippen molar-refractivity contribution in [3.63, 3.8) is 0 Å². The summed E-state index contributed by atoms with van der Waals surface area (Å²) in [5.41, 5.74) is 6.43. The van der Waals surface area contributed by atoms with E-state index in [-0.39, 0.29) is 6.54 Å². The number of rotatable bonds is 8. The summed E-state index contributed by atoms with van der Waals surface area (Å²) in [6.45, 7) is 3.22. The van der Waals surface area contributed by atoms with Gasteiger partial charge in [0.2, 0.25) is 5.95 Å². The standard InChI is InChI=1S/C31H29BrN4O3/c1-21-6-4-7-22(14-21)16-28-27(30(39)36(20-29(37)38)18-23-8-5-11-26(32)15-23)17-33-31(34-28)35-13-12-24-9-2-3-10-25(24)19-35/h2-11,14-15,17H,12-13,16,18-20H2,1H3,(H,37,38). The third-order valence-electron chi connectivity index (χ3n) is 6.83. The van der Waals surface area contributed by atoms with Crippen molar-refractivity contribution in [2.24, 2.45) is 0 Å². The number of carbonyl (C=O) groups excluding carboxylic acids is 1. The minimum absolute atomic E-state index is 0.152. The lowest BCUT2D eigenvalue weighted by molar-refractivity contribution is -0.137. The van der Waals surface area contributed by atoms with Crippen molar-refractivity contribution in [2.75, 3.05) is 18.0 Å². The van der Waals surface area contributed by atoms with Gasteiger partial charge in [-0.1, -0.05) is 82.2 Å². The monoisotopic (exact) mass is 584 g/mol. The molecule has 198 valence electrons. The number of aryl methyl sites for hydroxylation is 1. The summed E-state index contributed by atoms with van der Waals surface area (Å²) in [6.07, 6.45) is 2.89. The van der Waals surface area contributed by atoms with Crippen LogP contribution in [0.3, 0.4) is 0 Å². The van der Waals surface area contributed by atoms with Crippen LogP contribution in [0.15, 0.2) is 83.5 Å². The molecule has 2 heterocycles. The van der Waals surface area contributed by atoms with E-state index in [2.05, 4.69) is 50.1 Å². The fraction of sp³-hybridized carbons (Fsp3) is 0.226. The van der Waals surface area contributed by atoms with E-state index in [0.29, 0.717) is 30.2 Å². The van der Waals surface area contributed by atoms with Crippen LogP contribution in [-0.2, 0) is 30.7 Å². The maximum atomic E-state index is 13.9. The number of carboxylic acids is 1. The maximum absolute atomic E-state index is 13.9. The number of fused-ring (bicyclic) bond motifs is 1. The molecule has 0 aliphatic carbocycles. The molecule has 0 atom stereocenters. The van der Waals surface area contributed by atoms with Crippen LogP contribution in [0.5, 0.6) is 0 Å². The van der Waals surface area contributed by atoms with Crippen molar-refractivity contribution >= 4 is 33.8 Å². The van der Waals surface area contributed by atoms with Crippen molar-refractivity contribution < 1.29 is 14.7 Å². The van der Waals surface area contributed by atoms with Crippen LogP contribution in [0, 0.1) is 6.92 Å². The number of aliphatic carboxylic acids is 1. The van der Waals surface area contributed by atoms with E-state index < -0.39 is 18.4 Å². The van der Waals surface area contributed by atoms with E-state index in [0.717, 1.165) is 34.1 Å². The van der Waals surface area contributed by atoms with Crippen molar-refractivity contribution in [1.29, 1.82) is 0 Å². The number of aromatic nitrogens is 2. The third kappa shape index (κ3) is 6.52. The zero-order valence-electron chi connectivity index (χ0n) is 21.7. The summed E-state index contributed by atoms with van der Waals surface area (Å²) in [4.78, 5) is 38.6. The lowest BCUT2D eigenvalue weighted by Crippen LogP contribution is -2.36. The second-order valence-electron chi connectivity index (χ2n) is 9.82. The van der Waals surface area contributed by atoms with Gasteiger partial charge in [-0.2, -0.15) is 0 Å². The molecule has 3 aromatic carbocycles. The van der Waals surface area contributed by atoms with E-state index in [1.165, 1.54) is 16.0 Å². The van der Waals surface area contributed by atoms with Crippen molar-refractivity contribution in [1.82, 2.24) is 14.9 Å². The zero-order valence-corrected chi connectivity index (χ0v) is 23.3. The first-order chi connectivity index (χ1) is 18.9. The van der Waals surface area contributed by atoms with Crippen LogP contribution in [0.1, 0.15) is 43.9 Å². The summed E-state index contributed by atoms with van der Waals surface area (Å²) >= 11 is 3.45. The summed E-state index contributed by atoms with van der Waals surface area (Å²) in [7, 11) is 0. The normalized spacial score (nSPS) is 12.6. The van der Waals surface area contributed by atoms with Crippen molar-refractivity contribution in [2.45, 2.75) is 32.9 Å². The highest BCUT2D eigenvalue weighted by Crippen LogP contribution is 2.25. The summed E-state index contributed by atoms with van der Waals surface area (Å²) in [5.74, 6) is -0.917. The first-order valence-corrected chi connectivity index (χ1v) is 13.6. The molecule has 1 amide bonds. The molecule has 0 spiro atoms. The fourth-order valence-electron chi connectivity index (χ4n) is 4.94. The number of nitrogens with zero attached hydrogens (tertiary/aromatic N) is 4. The fourth-order valence-corrected chi connectivity index (χ4v) is 5.39. The van der Waals surface area contributed by atoms with E-state index >= 15 is 0 Å². The Morgan fingerprint density at radius 2 is 1.77 bits per heavy atom. The molecule has 7 nitrogen and oxygen atoms in total. The molecular weight excluding hydrogens is 556 g/mol. The predicted molar refractivity (Wildman–Crippen MR) is 154 cm³/mol. The number of carbonyl (C=O) groups is 2. The highest BCUT2D eigenvalue weighted by molar-refractivity contribution is 9.10. The van der Waals surface area contributed by atoms with Gasteiger partial charge in [0.25, 0.3) is 5.91 Å². The van der Waals surface area contributed by atoms with Crippen LogP contribution < -0.4 is 4.90 Å². The average molecular weight is 586 g/mol. The van der Waals surface area contributed by atoms with E-state index in [4.69, 9.17) is 4.98 Å². The van der Waals surface area contributed by atoms with E-state index in [1.54, 1.807) is 6.20 Å². The van der Waals surface area contributed by atoms with Gasteiger partial charge >= 0.3 is 5.97 Å². The Morgan fingerprint density at radius 1 is 1.00 bits per heavy atom. The summed E-state index contributed by atoms with van der Waals surface area (Å²) in [5, 5.41) is 9.60. The van der Waals surface area contributed by atoms with Crippen LogP contribution in [-0.4, -0.2) is 44.9 Å². The number of benzene rings is 3. The summed E-state index contributed by atoms with van der Waals surface area (Å²) in [6, 6.07) is 24.0. The molecule has 0 fully saturated rings. The molecule has 8 heteroatoms. The average Bonchev–Trinajstić information content (AvgIpc) is 2.92.